The smallest absolute Gasteiger partial charge is 0.221 e. The van der Waals surface area contributed by atoms with Gasteiger partial charge in [-0.05, 0) is 37.1 Å². The first-order valence-electron chi connectivity index (χ1n) is 9.25. The van der Waals surface area contributed by atoms with Crippen LogP contribution in [0.25, 0.3) is 0 Å². The largest absolute Gasteiger partial charge is 0.326 e. The van der Waals surface area contributed by atoms with Crippen molar-refractivity contribution in [3.05, 3.63) is 24.3 Å². The van der Waals surface area contributed by atoms with Gasteiger partial charge in [0, 0.05) is 24.7 Å². The predicted octanol–water partition coefficient (Wildman–Crippen LogP) is 1.51. The number of hydrogen-bond donors (Lipinski definition) is 2. The van der Waals surface area contributed by atoms with Gasteiger partial charge in [-0.1, -0.05) is 19.3 Å². The second-order valence-electron chi connectivity index (χ2n) is 7.47. The number of hydrogen-bond acceptors (Lipinski definition) is 6. The molecule has 1 aliphatic carbocycles. The standard InChI is InChI=1S/C18H26N2O5S2/c1-13(21)19-15-7-9-16(10-8-15)27(24,25)18-12-26(22,23)11-17(18)20-14-5-3-2-4-6-14/h7-10,14,17-18,20H,2-6,11-12H2,1H3,(H,19,21)/t17-,18-/m1/s1. The Morgan fingerprint density at radius 2 is 1.67 bits per heavy atom. The van der Waals surface area contributed by atoms with E-state index in [0.29, 0.717) is 5.69 Å². The first-order chi connectivity index (χ1) is 12.7. The highest BCUT2D eigenvalue weighted by molar-refractivity contribution is 7.96. The van der Waals surface area contributed by atoms with E-state index < -0.39 is 31.0 Å². The number of rotatable bonds is 5. The number of carbonyl (C=O) groups excluding carboxylic acids is 1. The van der Waals surface area contributed by atoms with Crippen LogP contribution in [0.1, 0.15) is 39.0 Å². The number of amides is 1. The van der Waals surface area contributed by atoms with Gasteiger partial charge in [0.15, 0.2) is 19.7 Å². The van der Waals surface area contributed by atoms with Crippen molar-refractivity contribution in [3.8, 4) is 0 Å². The van der Waals surface area contributed by atoms with E-state index in [0.717, 1.165) is 25.7 Å². The quantitative estimate of drug-likeness (QED) is 0.756. The van der Waals surface area contributed by atoms with Gasteiger partial charge in [0.2, 0.25) is 5.91 Å². The van der Waals surface area contributed by atoms with Gasteiger partial charge in [-0.3, -0.25) is 4.79 Å². The lowest BCUT2D eigenvalue weighted by atomic mass is 9.95. The number of carbonyl (C=O) groups is 1. The second-order valence-corrected chi connectivity index (χ2v) is 11.8. The summed E-state index contributed by atoms with van der Waals surface area (Å²) in [5.41, 5.74) is 0.498. The highest BCUT2D eigenvalue weighted by Crippen LogP contribution is 2.28. The maximum absolute atomic E-state index is 13.1. The average molecular weight is 415 g/mol. The molecule has 2 N–H and O–H groups in total. The first-order valence-corrected chi connectivity index (χ1v) is 12.6. The Labute approximate surface area is 160 Å². The van der Waals surface area contributed by atoms with E-state index in [9.17, 15) is 21.6 Å². The zero-order valence-electron chi connectivity index (χ0n) is 15.3. The Morgan fingerprint density at radius 1 is 1.04 bits per heavy atom. The fourth-order valence-corrected chi connectivity index (χ4v) is 8.63. The van der Waals surface area contributed by atoms with E-state index in [-0.39, 0.29) is 28.4 Å². The molecular formula is C18H26N2O5S2. The summed E-state index contributed by atoms with van der Waals surface area (Å²) in [5.74, 6) is -0.742. The third-order valence-electron chi connectivity index (χ3n) is 5.26. The van der Waals surface area contributed by atoms with Crippen molar-refractivity contribution < 1.29 is 21.6 Å². The normalized spacial score (nSPS) is 26.0. The van der Waals surface area contributed by atoms with E-state index in [1.807, 2.05) is 0 Å². The zero-order chi connectivity index (χ0) is 19.7. The van der Waals surface area contributed by atoms with E-state index in [1.165, 1.54) is 37.6 Å². The minimum absolute atomic E-state index is 0.0779. The van der Waals surface area contributed by atoms with Gasteiger partial charge in [0.05, 0.1) is 21.7 Å². The zero-order valence-corrected chi connectivity index (χ0v) is 17.0. The summed E-state index contributed by atoms with van der Waals surface area (Å²) in [5, 5.41) is 4.92. The molecule has 0 bridgehead atoms. The van der Waals surface area contributed by atoms with Crippen LogP contribution in [-0.4, -0.2) is 51.6 Å². The molecule has 2 atom stereocenters. The van der Waals surface area contributed by atoms with Crippen LogP contribution in [0.3, 0.4) is 0 Å². The van der Waals surface area contributed by atoms with Gasteiger partial charge in [0.1, 0.15) is 0 Å². The average Bonchev–Trinajstić information content (AvgIpc) is 2.91. The Bertz CT molecular complexity index is 888. The third-order valence-corrected chi connectivity index (χ3v) is 9.42. The lowest BCUT2D eigenvalue weighted by Crippen LogP contribution is -2.48. The fraction of sp³-hybridized carbons (Fsp3) is 0.611. The van der Waals surface area contributed by atoms with Crippen molar-refractivity contribution in [2.75, 3.05) is 16.8 Å². The molecule has 1 aromatic rings. The summed E-state index contributed by atoms with van der Waals surface area (Å²) in [7, 11) is -7.22. The van der Waals surface area contributed by atoms with Gasteiger partial charge in [-0.2, -0.15) is 0 Å². The molecule has 0 radical (unpaired) electrons. The van der Waals surface area contributed by atoms with Gasteiger partial charge >= 0.3 is 0 Å². The van der Waals surface area contributed by atoms with Crippen molar-refractivity contribution >= 4 is 31.3 Å². The second kappa shape index (κ2) is 7.89. The first kappa shape index (κ1) is 20.3. The maximum atomic E-state index is 13.1. The van der Waals surface area contributed by atoms with Gasteiger partial charge in [-0.15, -0.1) is 0 Å². The molecular weight excluding hydrogens is 388 g/mol. The monoisotopic (exact) mass is 414 g/mol. The topological polar surface area (TPSA) is 109 Å². The van der Waals surface area contributed by atoms with E-state index in [2.05, 4.69) is 10.6 Å². The van der Waals surface area contributed by atoms with Crippen molar-refractivity contribution in [2.45, 2.75) is 61.3 Å². The third kappa shape index (κ3) is 4.89. The van der Waals surface area contributed by atoms with Gasteiger partial charge in [0.25, 0.3) is 0 Å². The van der Waals surface area contributed by atoms with Gasteiger partial charge < -0.3 is 10.6 Å². The molecule has 1 saturated heterocycles. The van der Waals surface area contributed by atoms with E-state index in [4.69, 9.17) is 0 Å². The summed E-state index contributed by atoms with van der Waals surface area (Å²) in [4.78, 5) is 11.2. The highest BCUT2D eigenvalue weighted by Gasteiger charge is 2.46. The number of anilines is 1. The molecule has 150 valence electrons. The lowest BCUT2D eigenvalue weighted by molar-refractivity contribution is -0.114. The molecule has 1 saturated carbocycles. The van der Waals surface area contributed by atoms with Crippen molar-refractivity contribution in [2.24, 2.45) is 0 Å². The number of nitrogens with one attached hydrogen (secondary N) is 2. The summed E-state index contributed by atoms with van der Waals surface area (Å²) in [6.07, 6.45) is 5.24. The summed E-state index contributed by atoms with van der Waals surface area (Å²) < 4.78 is 50.6. The Morgan fingerprint density at radius 3 is 2.26 bits per heavy atom. The molecule has 0 unspecified atom stereocenters. The van der Waals surface area contributed by atoms with Crippen LogP contribution in [0.5, 0.6) is 0 Å². The molecule has 3 rings (SSSR count). The van der Waals surface area contributed by atoms with Crippen molar-refractivity contribution in [1.82, 2.24) is 5.32 Å². The van der Waals surface area contributed by atoms with Gasteiger partial charge in [-0.25, -0.2) is 16.8 Å². The Hall–Kier alpha value is -1.45. The van der Waals surface area contributed by atoms with Crippen LogP contribution < -0.4 is 10.6 Å². The van der Waals surface area contributed by atoms with Crippen LogP contribution in [0.4, 0.5) is 5.69 Å². The van der Waals surface area contributed by atoms with Crippen LogP contribution >= 0.6 is 0 Å². The lowest BCUT2D eigenvalue weighted by Gasteiger charge is -2.28. The number of sulfone groups is 2. The van der Waals surface area contributed by atoms with Crippen LogP contribution in [-0.2, 0) is 24.5 Å². The van der Waals surface area contributed by atoms with Crippen LogP contribution in [0.15, 0.2) is 29.2 Å². The highest BCUT2D eigenvalue weighted by atomic mass is 32.2. The molecule has 1 heterocycles. The molecule has 1 aliphatic heterocycles. The Balaban J connectivity index is 1.82. The molecule has 0 spiro atoms. The van der Waals surface area contributed by atoms with E-state index >= 15 is 0 Å². The summed E-state index contributed by atoms with van der Waals surface area (Å²) in [6, 6.07) is 5.46. The molecule has 1 amide bonds. The van der Waals surface area contributed by atoms with E-state index in [1.54, 1.807) is 0 Å². The molecule has 7 nitrogen and oxygen atoms in total. The SMILES string of the molecule is CC(=O)Nc1ccc(S(=O)(=O)[C@@H]2CS(=O)(=O)C[C@H]2NC2CCCCC2)cc1. The Kier molecular flexibility index (Phi) is 5.93. The van der Waals surface area contributed by atoms with Crippen molar-refractivity contribution in [1.29, 1.82) is 0 Å². The van der Waals surface area contributed by atoms with Crippen LogP contribution in [0.2, 0.25) is 0 Å². The van der Waals surface area contributed by atoms with Crippen LogP contribution in [0, 0.1) is 0 Å². The molecule has 2 aliphatic rings. The molecule has 27 heavy (non-hydrogen) atoms. The molecule has 2 fully saturated rings. The molecule has 0 aromatic heterocycles. The summed E-state index contributed by atoms with van der Waals surface area (Å²) >= 11 is 0. The minimum Gasteiger partial charge on any atom is -0.326 e. The molecule has 9 heteroatoms. The summed E-state index contributed by atoms with van der Waals surface area (Å²) in [6.45, 7) is 1.37. The number of benzene rings is 1. The minimum atomic E-state index is -3.81. The molecule has 1 aromatic carbocycles. The fourth-order valence-electron chi connectivity index (χ4n) is 3.95. The van der Waals surface area contributed by atoms with Crippen molar-refractivity contribution in [3.63, 3.8) is 0 Å². The predicted molar refractivity (Wildman–Crippen MR) is 104 cm³/mol. The maximum Gasteiger partial charge on any atom is 0.221 e.